The van der Waals surface area contributed by atoms with Crippen molar-refractivity contribution in [3.05, 3.63) is 48.0 Å². The minimum atomic E-state index is -0.311. The lowest BCUT2D eigenvalue weighted by Gasteiger charge is -2.52. The number of hydrogen-bond donors (Lipinski definition) is 1. The molecule has 0 unspecified atom stereocenters. The van der Waals surface area contributed by atoms with Crippen LogP contribution in [0.1, 0.15) is 12.5 Å². The molecular weight excluding hydrogens is 290 g/mol. The van der Waals surface area contributed by atoms with E-state index in [9.17, 15) is 9.59 Å². The standard InChI is InChI=1S/C18H19N3O2/c1-10-12-8-9-13(15-14(12)17(22)20-18(15)23)21(10)16(19-2)11-6-4-3-5-7-11/h3-10,12-15H,1-2H3,(H,20,22,23)/t10-,12+,13+,14+,15-/m1/s1. The van der Waals surface area contributed by atoms with Gasteiger partial charge in [-0.2, -0.15) is 0 Å². The predicted molar refractivity (Wildman–Crippen MR) is 86.8 cm³/mol. The Labute approximate surface area is 135 Å². The van der Waals surface area contributed by atoms with Crippen LogP contribution in [-0.2, 0) is 9.59 Å². The SMILES string of the molecule is CN=C(c1ccccc1)N1[C@H](C)[C@@H]2C=C[C@H]1[C@H]1C(=O)NC(=O)[C@@H]21. The molecule has 3 heterocycles. The Morgan fingerprint density at radius 3 is 2.48 bits per heavy atom. The molecule has 2 fully saturated rings. The van der Waals surface area contributed by atoms with Gasteiger partial charge >= 0.3 is 0 Å². The van der Waals surface area contributed by atoms with E-state index in [0.29, 0.717) is 0 Å². The van der Waals surface area contributed by atoms with Gasteiger partial charge in [0.15, 0.2) is 0 Å². The van der Waals surface area contributed by atoms with Gasteiger partial charge in [0.1, 0.15) is 5.84 Å². The molecule has 2 saturated heterocycles. The second-order valence-corrected chi connectivity index (χ2v) is 6.42. The van der Waals surface area contributed by atoms with Gasteiger partial charge in [-0.1, -0.05) is 42.5 Å². The van der Waals surface area contributed by atoms with E-state index in [1.165, 1.54) is 0 Å². The minimum Gasteiger partial charge on any atom is -0.346 e. The monoisotopic (exact) mass is 309 g/mol. The van der Waals surface area contributed by atoms with Crippen LogP contribution in [0.3, 0.4) is 0 Å². The number of aliphatic imine (C=N–C) groups is 1. The number of fused-ring (bicyclic) bond motifs is 1. The van der Waals surface area contributed by atoms with Crippen LogP contribution in [0.15, 0.2) is 47.5 Å². The van der Waals surface area contributed by atoms with Crippen LogP contribution >= 0.6 is 0 Å². The second kappa shape index (κ2) is 5.05. The molecule has 1 N–H and O–H groups in total. The lowest BCUT2D eigenvalue weighted by Crippen LogP contribution is -2.62. The highest BCUT2D eigenvalue weighted by Gasteiger charge is 2.58. The van der Waals surface area contributed by atoms with Crippen molar-refractivity contribution in [1.29, 1.82) is 0 Å². The number of amides is 2. The fourth-order valence-electron chi connectivity index (χ4n) is 4.38. The summed E-state index contributed by atoms with van der Waals surface area (Å²) in [6.07, 6.45) is 4.17. The zero-order chi connectivity index (χ0) is 16.1. The first kappa shape index (κ1) is 14.2. The van der Waals surface area contributed by atoms with Gasteiger partial charge in [0, 0.05) is 24.6 Å². The molecule has 1 aromatic carbocycles. The first-order chi connectivity index (χ1) is 11.1. The van der Waals surface area contributed by atoms with E-state index < -0.39 is 0 Å². The number of carbonyl (C=O) groups excluding carboxylic acids is 2. The maximum absolute atomic E-state index is 12.3. The summed E-state index contributed by atoms with van der Waals surface area (Å²) in [6, 6.07) is 10.0. The summed E-state index contributed by atoms with van der Waals surface area (Å²) in [5.41, 5.74) is 1.03. The topological polar surface area (TPSA) is 61.8 Å². The van der Waals surface area contributed by atoms with Crippen LogP contribution in [0, 0.1) is 17.8 Å². The number of piperidine rings is 1. The lowest BCUT2D eigenvalue weighted by atomic mass is 9.66. The molecular formula is C18H19N3O2. The Morgan fingerprint density at radius 1 is 1.09 bits per heavy atom. The summed E-state index contributed by atoms with van der Waals surface area (Å²) < 4.78 is 0. The van der Waals surface area contributed by atoms with Crippen molar-refractivity contribution in [1.82, 2.24) is 10.2 Å². The highest BCUT2D eigenvalue weighted by atomic mass is 16.2. The number of rotatable bonds is 1. The zero-order valence-corrected chi connectivity index (χ0v) is 13.1. The molecule has 0 radical (unpaired) electrons. The Balaban J connectivity index is 1.78. The molecule has 2 bridgehead atoms. The van der Waals surface area contributed by atoms with Gasteiger partial charge in [0.05, 0.1) is 17.9 Å². The van der Waals surface area contributed by atoms with E-state index in [4.69, 9.17) is 0 Å². The number of nitrogens with zero attached hydrogens (tertiary/aromatic N) is 2. The first-order valence-corrected chi connectivity index (χ1v) is 7.97. The van der Waals surface area contributed by atoms with Gasteiger partial charge in [-0.25, -0.2) is 0 Å². The fraction of sp³-hybridized carbons (Fsp3) is 0.389. The van der Waals surface area contributed by atoms with Crippen molar-refractivity contribution in [2.45, 2.75) is 19.0 Å². The summed E-state index contributed by atoms with van der Waals surface area (Å²) in [5.74, 6) is 0.0899. The van der Waals surface area contributed by atoms with Crippen LogP contribution in [-0.4, -0.2) is 41.7 Å². The van der Waals surface area contributed by atoms with Crippen molar-refractivity contribution in [2.75, 3.05) is 7.05 Å². The quantitative estimate of drug-likeness (QED) is 0.367. The molecule has 2 amide bonds. The molecule has 4 aliphatic rings. The largest absolute Gasteiger partial charge is 0.346 e. The van der Waals surface area contributed by atoms with E-state index in [1.54, 1.807) is 7.05 Å². The number of benzene rings is 1. The van der Waals surface area contributed by atoms with E-state index in [2.05, 4.69) is 34.3 Å². The highest BCUT2D eigenvalue weighted by Crippen LogP contribution is 2.46. The predicted octanol–water partition coefficient (Wildman–Crippen LogP) is 1.21. The molecule has 1 aromatic rings. The molecule has 0 aromatic heterocycles. The van der Waals surface area contributed by atoms with Crippen molar-refractivity contribution >= 4 is 17.6 Å². The Hall–Kier alpha value is -2.43. The van der Waals surface area contributed by atoms with Gasteiger partial charge in [0.2, 0.25) is 11.8 Å². The van der Waals surface area contributed by atoms with Gasteiger partial charge in [-0.05, 0) is 6.92 Å². The average Bonchev–Trinajstić information content (AvgIpc) is 2.88. The molecule has 0 saturated carbocycles. The maximum atomic E-state index is 12.3. The van der Waals surface area contributed by atoms with Crippen LogP contribution in [0.2, 0.25) is 0 Å². The summed E-state index contributed by atoms with van der Waals surface area (Å²) in [4.78, 5) is 31.1. The molecule has 0 spiro atoms. The third-order valence-electron chi connectivity index (χ3n) is 5.36. The van der Waals surface area contributed by atoms with Crippen LogP contribution < -0.4 is 5.32 Å². The van der Waals surface area contributed by atoms with E-state index in [1.807, 2.05) is 30.3 Å². The third kappa shape index (κ3) is 1.89. The maximum Gasteiger partial charge on any atom is 0.232 e. The molecule has 5 rings (SSSR count). The van der Waals surface area contributed by atoms with Crippen molar-refractivity contribution in [2.24, 2.45) is 22.7 Å². The van der Waals surface area contributed by atoms with Crippen molar-refractivity contribution in [3.63, 3.8) is 0 Å². The third-order valence-corrected chi connectivity index (χ3v) is 5.36. The Kier molecular flexibility index (Phi) is 3.11. The number of imide groups is 1. The summed E-state index contributed by atoms with van der Waals surface area (Å²) in [6.45, 7) is 2.11. The number of nitrogens with one attached hydrogen (secondary N) is 1. The van der Waals surface area contributed by atoms with E-state index >= 15 is 0 Å². The Bertz CT molecular complexity index is 725. The summed E-state index contributed by atoms with van der Waals surface area (Å²) >= 11 is 0. The number of amidine groups is 1. The highest BCUT2D eigenvalue weighted by molar-refractivity contribution is 6.07. The summed E-state index contributed by atoms with van der Waals surface area (Å²) in [7, 11) is 1.78. The minimum absolute atomic E-state index is 0.0388. The molecule has 1 aliphatic carbocycles. The molecule has 23 heavy (non-hydrogen) atoms. The van der Waals surface area contributed by atoms with Gasteiger partial charge in [-0.15, -0.1) is 0 Å². The lowest BCUT2D eigenvalue weighted by molar-refractivity contribution is -0.126. The normalized spacial score (nSPS) is 35.5. The van der Waals surface area contributed by atoms with Crippen LogP contribution in [0.4, 0.5) is 0 Å². The van der Waals surface area contributed by atoms with Gasteiger partial charge in [0.25, 0.3) is 0 Å². The first-order valence-electron chi connectivity index (χ1n) is 7.97. The molecule has 5 atom stereocenters. The van der Waals surface area contributed by atoms with Crippen LogP contribution in [0.25, 0.3) is 0 Å². The average molecular weight is 309 g/mol. The van der Waals surface area contributed by atoms with E-state index in [0.717, 1.165) is 11.4 Å². The molecule has 5 heteroatoms. The van der Waals surface area contributed by atoms with Gasteiger partial charge < -0.3 is 4.90 Å². The number of carbonyl (C=O) groups is 2. The number of hydrogen-bond acceptors (Lipinski definition) is 3. The summed E-state index contributed by atoms with van der Waals surface area (Å²) in [5, 5.41) is 2.51. The Morgan fingerprint density at radius 2 is 1.78 bits per heavy atom. The van der Waals surface area contributed by atoms with Crippen molar-refractivity contribution < 1.29 is 9.59 Å². The second-order valence-electron chi connectivity index (χ2n) is 6.42. The van der Waals surface area contributed by atoms with Crippen molar-refractivity contribution in [3.8, 4) is 0 Å². The van der Waals surface area contributed by atoms with Crippen LogP contribution in [0.5, 0.6) is 0 Å². The molecule has 5 nitrogen and oxygen atoms in total. The molecule has 3 aliphatic heterocycles. The molecule has 118 valence electrons. The van der Waals surface area contributed by atoms with Gasteiger partial charge in [-0.3, -0.25) is 19.9 Å². The van der Waals surface area contributed by atoms with E-state index in [-0.39, 0.29) is 41.7 Å². The fourth-order valence-corrected chi connectivity index (χ4v) is 4.38. The smallest absolute Gasteiger partial charge is 0.232 e. The zero-order valence-electron chi connectivity index (χ0n) is 13.1.